The van der Waals surface area contributed by atoms with Crippen molar-refractivity contribution in [2.75, 3.05) is 52.5 Å². The first-order valence-corrected chi connectivity index (χ1v) is 9.71. The van der Waals surface area contributed by atoms with Gasteiger partial charge in [-0.25, -0.2) is 8.42 Å². The maximum atomic E-state index is 12.7. The molecule has 0 aromatic heterocycles. The van der Waals surface area contributed by atoms with Gasteiger partial charge in [-0.1, -0.05) is 6.07 Å². The van der Waals surface area contributed by atoms with Crippen molar-refractivity contribution in [2.24, 2.45) is 0 Å². The quantitative estimate of drug-likeness (QED) is 0.817. The summed E-state index contributed by atoms with van der Waals surface area (Å²) in [7, 11) is -3.59. The summed E-state index contributed by atoms with van der Waals surface area (Å²) in [5, 5.41) is 3.25. The third-order valence-corrected chi connectivity index (χ3v) is 6.21. The van der Waals surface area contributed by atoms with Gasteiger partial charge in [-0.05, 0) is 31.2 Å². The van der Waals surface area contributed by atoms with Crippen LogP contribution in [0, 0.1) is 0 Å². The molecule has 2 fully saturated rings. The Labute approximate surface area is 154 Å². The van der Waals surface area contributed by atoms with Crippen molar-refractivity contribution in [1.82, 2.24) is 14.5 Å². The number of ether oxygens (including phenoxy) is 1. The van der Waals surface area contributed by atoms with Gasteiger partial charge in [0.15, 0.2) is 0 Å². The van der Waals surface area contributed by atoms with E-state index in [1.54, 1.807) is 23.1 Å². The van der Waals surface area contributed by atoms with Gasteiger partial charge in [0.25, 0.3) is 5.91 Å². The van der Waals surface area contributed by atoms with Gasteiger partial charge in [-0.15, -0.1) is 12.4 Å². The van der Waals surface area contributed by atoms with E-state index in [1.807, 2.05) is 0 Å². The first-order chi connectivity index (χ1) is 11.6. The molecule has 0 bridgehead atoms. The fourth-order valence-electron chi connectivity index (χ4n) is 2.96. The van der Waals surface area contributed by atoms with Gasteiger partial charge in [0.2, 0.25) is 10.0 Å². The lowest BCUT2D eigenvalue weighted by molar-refractivity contribution is 0.0730. The summed E-state index contributed by atoms with van der Waals surface area (Å²) in [6.45, 7) is 4.48. The molecular weight excluding hydrogens is 366 g/mol. The highest BCUT2D eigenvalue weighted by Gasteiger charge is 2.27. The normalized spacial score (nSPS) is 19.8. The Kier molecular flexibility index (Phi) is 7.21. The monoisotopic (exact) mass is 389 g/mol. The molecular formula is C16H24ClN3O4S. The molecule has 0 aliphatic carbocycles. The molecule has 0 radical (unpaired) electrons. The number of hydrogen-bond acceptors (Lipinski definition) is 5. The van der Waals surface area contributed by atoms with Crippen molar-refractivity contribution in [3.63, 3.8) is 0 Å². The van der Waals surface area contributed by atoms with Crippen LogP contribution in [0.25, 0.3) is 0 Å². The summed E-state index contributed by atoms with van der Waals surface area (Å²) in [5.41, 5.74) is 0.422. The van der Waals surface area contributed by atoms with Crippen LogP contribution < -0.4 is 5.32 Å². The number of halogens is 1. The summed E-state index contributed by atoms with van der Waals surface area (Å²) in [5.74, 6) is -0.113. The van der Waals surface area contributed by atoms with Crippen molar-refractivity contribution in [3.05, 3.63) is 29.8 Å². The van der Waals surface area contributed by atoms with Crippen LogP contribution in [0.4, 0.5) is 0 Å². The number of benzene rings is 1. The summed E-state index contributed by atoms with van der Waals surface area (Å²) in [6, 6.07) is 6.35. The zero-order chi connectivity index (χ0) is 17.0. The van der Waals surface area contributed by atoms with E-state index >= 15 is 0 Å². The van der Waals surface area contributed by atoms with E-state index in [0.717, 1.165) is 19.5 Å². The minimum absolute atomic E-state index is 0. The number of morpholine rings is 1. The molecule has 0 spiro atoms. The lowest BCUT2D eigenvalue weighted by atomic mass is 10.2. The molecule has 140 valence electrons. The van der Waals surface area contributed by atoms with Gasteiger partial charge in [-0.2, -0.15) is 4.31 Å². The second kappa shape index (κ2) is 8.95. The minimum atomic E-state index is -3.59. The van der Waals surface area contributed by atoms with Gasteiger partial charge >= 0.3 is 0 Å². The third-order valence-electron chi connectivity index (χ3n) is 4.32. The highest BCUT2D eigenvalue weighted by Crippen LogP contribution is 2.19. The summed E-state index contributed by atoms with van der Waals surface area (Å²) < 4.78 is 32.1. The Hall–Kier alpha value is -1.19. The predicted octanol–water partition coefficient (Wildman–Crippen LogP) is 0.565. The lowest BCUT2D eigenvalue weighted by Crippen LogP contribution is -2.40. The first kappa shape index (κ1) is 20.1. The SMILES string of the molecule is Cl.O=C(c1cccc(S(=O)(=O)N2CCOCC2)c1)N1CCCNCC1. The zero-order valence-corrected chi connectivity index (χ0v) is 15.7. The summed E-state index contributed by atoms with van der Waals surface area (Å²) in [4.78, 5) is 14.6. The molecule has 1 N–H and O–H groups in total. The van der Waals surface area contributed by atoms with Crippen LogP contribution in [-0.4, -0.2) is 76.0 Å². The lowest BCUT2D eigenvalue weighted by Gasteiger charge is -2.26. The van der Waals surface area contributed by atoms with E-state index in [-0.39, 0.29) is 23.2 Å². The predicted molar refractivity (Wildman–Crippen MR) is 96.7 cm³/mol. The van der Waals surface area contributed by atoms with Crippen LogP contribution >= 0.6 is 12.4 Å². The van der Waals surface area contributed by atoms with E-state index in [0.29, 0.717) is 45.0 Å². The summed E-state index contributed by atoms with van der Waals surface area (Å²) in [6.07, 6.45) is 0.900. The van der Waals surface area contributed by atoms with Gasteiger partial charge in [0, 0.05) is 38.3 Å². The van der Waals surface area contributed by atoms with Crippen molar-refractivity contribution in [3.8, 4) is 0 Å². The van der Waals surface area contributed by atoms with Crippen LogP contribution in [0.5, 0.6) is 0 Å². The van der Waals surface area contributed by atoms with Crippen molar-refractivity contribution >= 4 is 28.3 Å². The van der Waals surface area contributed by atoms with Gasteiger partial charge in [-0.3, -0.25) is 4.79 Å². The van der Waals surface area contributed by atoms with Crippen LogP contribution in [0.1, 0.15) is 16.8 Å². The maximum absolute atomic E-state index is 12.7. The van der Waals surface area contributed by atoms with E-state index < -0.39 is 10.0 Å². The van der Waals surface area contributed by atoms with Gasteiger partial charge in [0.1, 0.15) is 0 Å². The Bertz CT molecular complexity index is 684. The van der Waals surface area contributed by atoms with Crippen molar-refractivity contribution in [1.29, 1.82) is 0 Å². The molecule has 2 aliphatic heterocycles. The minimum Gasteiger partial charge on any atom is -0.379 e. The molecule has 3 rings (SSSR count). The number of nitrogens with zero attached hydrogens (tertiary/aromatic N) is 2. The first-order valence-electron chi connectivity index (χ1n) is 8.27. The molecule has 2 saturated heterocycles. The van der Waals surface area contributed by atoms with Crippen molar-refractivity contribution in [2.45, 2.75) is 11.3 Å². The molecule has 7 nitrogen and oxygen atoms in total. The largest absolute Gasteiger partial charge is 0.379 e. The number of nitrogens with one attached hydrogen (secondary N) is 1. The fraction of sp³-hybridized carbons (Fsp3) is 0.562. The summed E-state index contributed by atoms with van der Waals surface area (Å²) >= 11 is 0. The number of rotatable bonds is 3. The smallest absolute Gasteiger partial charge is 0.253 e. The molecule has 0 saturated carbocycles. The fourth-order valence-corrected chi connectivity index (χ4v) is 4.41. The Balaban J connectivity index is 0.00000225. The topological polar surface area (TPSA) is 79.0 Å². The molecule has 2 aliphatic rings. The van der Waals surface area contributed by atoms with Gasteiger partial charge in [0.05, 0.1) is 18.1 Å². The number of carbonyl (C=O) groups excluding carboxylic acids is 1. The third kappa shape index (κ3) is 4.71. The molecule has 9 heteroatoms. The average Bonchev–Trinajstić information content (AvgIpc) is 2.91. The highest BCUT2D eigenvalue weighted by atomic mass is 35.5. The van der Waals surface area contributed by atoms with Crippen LogP contribution in [0.15, 0.2) is 29.2 Å². The van der Waals surface area contributed by atoms with Crippen LogP contribution in [-0.2, 0) is 14.8 Å². The molecule has 1 aromatic rings. The zero-order valence-electron chi connectivity index (χ0n) is 14.0. The second-order valence-corrected chi connectivity index (χ2v) is 7.88. The molecule has 0 unspecified atom stereocenters. The molecule has 2 heterocycles. The van der Waals surface area contributed by atoms with Crippen LogP contribution in [0.3, 0.4) is 0 Å². The van der Waals surface area contributed by atoms with E-state index in [2.05, 4.69) is 5.32 Å². The number of sulfonamides is 1. The number of hydrogen-bond donors (Lipinski definition) is 1. The molecule has 0 atom stereocenters. The average molecular weight is 390 g/mol. The Morgan fingerprint density at radius 3 is 2.60 bits per heavy atom. The number of amides is 1. The molecule has 1 amide bonds. The molecule has 1 aromatic carbocycles. The maximum Gasteiger partial charge on any atom is 0.253 e. The standard InChI is InChI=1S/C16H23N3O4S.ClH/c20-16(18-7-2-5-17-6-8-18)14-3-1-4-15(13-14)24(21,22)19-9-11-23-12-10-19;/h1,3-4,13,17H,2,5-12H2;1H. The number of carbonyl (C=O) groups is 1. The van der Waals surface area contributed by atoms with E-state index in [1.165, 1.54) is 10.4 Å². The van der Waals surface area contributed by atoms with Crippen molar-refractivity contribution < 1.29 is 17.9 Å². The Morgan fingerprint density at radius 2 is 1.84 bits per heavy atom. The van der Waals surface area contributed by atoms with Crippen LogP contribution in [0.2, 0.25) is 0 Å². The van der Waals surface area contributed by atoms with Gasteiger partial charge < -0.3 is 15.0 Å². The van der Waals surface area contributed by atoms with E-state index in [9.17, 15) is 13.2 Å². The second-order valence-electron chi connectivity index (χ2n) is 5.94. The Morgan fingerprint density at radius 1 is 1.08 bits per heavy atom. The van der Waals surface area contributed by atoms with E-state index in [4.69, 9.17) is 4.74 Å². The highest BCUT2D eigenvalue weighted by molar-refractivity contribution is 7.89. The molecule has 25 heavy (non-hydrogen) atoms.